The largest absolute Gasteiger partial charge is 0.395 e. The molecule has 1 aromatic carbocycles. The highest BCUT2D eigenvalue weighted by molar-refractivity contribution is 9.10. The number of hydrogen-bond donors (Lipinski definition) is 3. The van der Waals surface area contributed by atoms with Crippen LogP contribution in [0.1, 0.15) is 11.1 Å². The van der Waals surface area contributed by atoms with E-state index in [-0.39, 0.29) is 12.4 Å². The molecule has 0 aliphatic heterocycles. The van der Waals surface area contributed by atoms with Gasteiger partial charge in [0.2, 0.25) is 0 Å². The van der Waals surface area contributed by atoms with Crippen LogP contribution in [0, 0.1) is 12.7 Å². The van der Waals surface area contributed by atoms with Crippen molar-refractivity contribution in [3.8, 4) is 0 Å². The van der Waals surface area contributed by atoms with Gasteiger partial charge in [0.1, 0.15) is 5.82 Å². The van der Waals surface area contributed by atoms with Gasteiger partial charge in [0, 0.05) is 23.1 Å². The lowest BCUT2D eigenvalue weighted by Crippen LogP contribution is -2.36. The van der Waals surface area contributed by atoms with Crippen molar-refractivity contribution in [2.24, 2.45) is 0 Å². The summed E-state index contributed by atoms with van der Waals surface area (Å²) >= 11 is 8.27. The van der Waals surface area contributed by atoms with Gasteiger partial charge in [-0.25, -0.2) is 4.39 Å². The molecule has 0 spiro atoms. The van der Waals surface area contributed by atoms with E-state index in [9.17, 15) is 4.39 Å². The number of nitrogens with one attached hydrogen (secondary N) is 2. The Morgan fingerprint density at radius 3 is 2.82 bits per heavy atom. The van der Waals surface area contributed by atoms with Gasteiger partial charge in [0.25, 0.3) is 0 Å². The summed E-state index contributed by atoms with van der Waals surface area (Å²) in [4.78, 5) is 0. The van der Waals surface area contributed by atoms with Crippen LogP contribution in [0.2, 0.25) is 0 Å². The molecule has 0 aromatic heterocycles. The third-order valence-corrected chi connectivity index (χ3v) is 3.23. The molecule has 0 amide bonds. The van der Waals surface area contributed by atoms with Gasteiger partial charge in [-0.1, -0.05) is 22.0 Å². The van der Waals surface area contributed by atoms with E-state index in [2.05, 4.69) is 26.6 Å². The number of thiocarbonyl (C=S) groups is 1. The molecule has 6 heteroatoms. The van der Waals surface area contributed by atoms with E-state index in [0.29, 0.717) is 33.8 Å². The van der Waals surface area contributed by atoms with Crippen molar-refractivity contribution < 1.29 is 9.50 Å². The standard InChI is InChI=1S/C11H14BrFN2OS/c1-7-2-3-9(12)8(10(7)13)6-15-11(17)14-4-5-16/h2-3,16H,4-6H2,1H3,(H2,14,15,17). The van der Waals surface area contributed by atoms with Gasteiger partial charge in [-0.15, -0.1) is 0 Å². The van der Waals surface area contributed by atoms with Gasteiger partial charge < -0.3 is 15.7 Å². The summed E-state index contributed by atoms with van der Waals surface area (Å²) in [6.45, 7) is 2.40. The van der Waals surface area contributed by atoms with E-state index in [1.54, 1.807) is 19.1 Å². The Bertz CT molecular complexity index is 415. The van der Waals surface area contributed by atoms with Gasteiger partial charge in [0.05, 0.1) is 6.61 Å². The third kappa shape index (κ3) is 4.22. The molecule has 0 heterocycles. The Balaban J connectivity index is 2.63. The van der Waals surface area contributed by atoms with Crippen LogP contribution in [-0.2, 0) is 6.54 Å². The average molecular weight is 321 g/mol. The van der Waals surface area contributed by atoms with Crippen LogP contribution < -0.4 is 10.6 Å². The Morgan fingerprint density at radius 1 is 1.47 bits per heavy atom. The normalized spacial score (nSPS) is 10.1. The maximum Gasteiger partial charge on any atom is 0.166 e. The Kier molecular flexibility index (Phi) is 5.80. The molecule has 17 heavy (non-hydrogen) atoms. The zero-order valence-electron chi connectivity index (χ0n) is 9.39. The summed E-state index contributed by atoms with van der Waals surface area (Å²) in [5.74, 6) is -0.239. The highest BCUT2D eigenvalue weighted by atomic mass is 79.9. The van der Waals surface area contributed by atoms with Crippen molar-refractivity contribution in [3.63, 3.8) is 0 Å². The number of rotatable bonds is 4. The fourth-order valence-corrected chi connectivity index (χ4v) is 1.90. The molecule has 0 aliphatic carbocycles. The van der Waals surface area contributed by atoms with Crippen LogP contribution in [0.3, 0.4) is 0 Å². The molecular weight excluding hydrogens is 307 g/mol. The minimum atomic E-state index is -0.239. The van der Waals surface area contributed by atoms with Gasteiger partial charge in [-0.2, -0.15) is 0 Å². The Labute approximate surface area is 114 Å². The summed E-state index contributed by atoms with van der Waals surface area (Å²) in [6.07, 6.45) is 0. The van der Waals surface area contributed by atoms with Crippen molar-refractivity contribution in [3.05, 3.63) is 33.5 Å². The van der Waals surface area contributed by atoms with E-state index < -0.39 is 0 Å². The van der Waals surface area contributed by atoms with Gasteiger partial charge in [-0.3, -0.25) is 0 Å². The number of hydrogen-bond acceptors (Lipinski definition) is 2. The first-order valence-corrected chi connectivity index (χ1v) is 6.32. The molecule has 0 radical (unpaired) electrons. The summed E-state index contributed by atoms with van der Waals surface area (Å²) in [6, 6.07) is 3.52. The predicted octanol–water partition coefficient (Wildman–Crippen LogP) is 1.85. The zero-order valence-corrected chi connectivity index (χ0v) is 11.8. The molecule has 0 atom stereocenters. The van der Waals surface area contributed by atoms with E-state index >= 15 is 0 Å². The second-order valence-electron chi connectivity index (χ2n) is 3.49. The molecule has 94 valence electrons. The van der Waals surface area contributed by atoms with Gasteiger partial charge in [-0.05, 0) is 30.8 Å². The minimum Gasteiger partial charge on any atom is -0.395 e. The lowest BCUT2D eigenvalue weighted by molar-refractivity contribution is 0.300. The first kappa shape index (κ1) is 14.3. The number of aliphatic hydroxyl groups excluding tert-OH is 1. The van der Waals surface area contributed by atoms with Crippen LogP contribution >= 0.6 is 28.1 Å². The number of benzene rings is 1. The third-order valence-electron chi connectivity index (χ3n) is 2.20. The predicted molar refractivity (Wildman–Crippen MR) is 73.4 cm³/mol. The molecule has 3 N–H and O–H groups in total. The summed E-state index contributed by atoms with van der Waals surface area (Å²) in [5, 5.41) is 14.7. The number of aryl methyl sites for hydroxylation is 1. The summed E-state index contributed by atoms with van der Waals surface area (Å²) < 4.78 is 14.5. The second kappa shape index (κ2) is 6.88. The first-order valence-electron chi connectivity index (χ1n) is 5.12. The van der Waals surface area contributed by atoms with Crippen molar-refractivity contribution in [1.82, 2.24) is 10.6 Å². The number of halogens is 2. The maximum atomic E-state index is 13.8. The Morgan fingerprint density at radius 2 is 2.18 bits per heavy atom. The molecule has 0 unspecified atom stereocenters. The van der Waals surface area contributed by atoms with Crippen LogP contribution in [0.15, 0.2) is 16.6 Å². The number of aliphatic hydroxyl groups is 1. The SMILES string of the molecule is Cc1ccc(Br)c(CNC(=S)NCCO)c1F. The monoisotopic (exact) mass is 320 g/mol. The molecule has 0 saturated carbocycles. The smallest absolute Gasteiger partial charge is 0.166 e. The van der Waals surface area contributed by atoms with Crippen molar-refractivity contribution >= 4 is 33.3 Å². The van der Waals surface area contributed by atoms with Gasteiger partial charge in [0.15, 0.2) is 5.11 Å². The fraction of sp³-hybridized carbons (Fsp3) is 0.364. The molecule has 3 nitrogen and oxygen atoms in total. The highest BCUT2D eigenvalue weighted by Crippen LogP contribution is 2.22. The lowest BCUT2D eigenvalue weighted by Gasteiger charge is -2.12. The van der Waals surface area contributed by atoms with Crippen LogP contribution in [-0.4, -0.2) is 23.4 Å². The highest BCUT2D eigenvalue weighted by Gasteiger charge is 2.09. The van der Waals surface area contributed by atoms with E-state index in [0.717, 1.165) is 0 Å². The maximum absolute atomic E-state index is 13.8. The second-order valence-corrected chi connectivity index (χ2v) is 4.75. The molecule has 0 fully saturated rings. The van der Waals surface area contributed by atoms with Crippen LogP contribution in [0.5, 0.6) is 0 Å². The summed E-state index contributed by atoms with van der Waals surface area (Å²) in [5.41, 5.74) is 1.14. The van der Waals surface area contributed by atoms with Crippen LogP contribution in [0.4, 0.5) is 4.39 Å². The van der Waals surface area contributed by atoms with Gasteiger partial charge >= 0.3 is 0 Å². The van der Waals surface area contributed by atoms with E-state index in [4.69, 9.17) is 17.3 Å². The quantitative estimate of drug-likeness (QED) is 0.741. The molecule has 0 bridgehead atoms. The van der Waals surface area contributed by atoms with Crippen molar-refractivity contribution in [2.75, 3.05) is 13.2 Å². The molecular formula is C11H14BrFN2OS. The molecule has 0 saturated heterocycles. The minimum absolute atomic E-state index is 0.00429. The van der Waals surface area contributed by atoms with Crippen molar-refractivity contribution in [1.29, 1.82) is 0 Å². The van der Waals surface area contributed by atoms with E-state index in [1.807, 2.05) is 0 Å². The topological polar surface area (TPSA) is 44.3 Å². The van der Waals surface area contributed by atoms with E-state index in [1.165, 1.54) is 0 Å². The lowest BCUT2D eigenvalue weighted by atomic mass is 10.1. The van der Waals surface area contributed by atoms with Crippen LogP contribution in [0.25, 0.3) is 0 Å². The fourth-order valence-electron chi connectivity index (χ4n) is 1.28. The summed E-state index contributed by atoms with van der Waals surface area (Å²) in [7, 11) is 0. The molecule has 0 aliphatic rings. The average Bonchev–Trinajstić information content (AvgIpc) is 2.31. The van der Waals surface area contributed by atoms with Crippen molar-refractivity contribution in [2.45, 2.75) is 13.5 Å². The molecule has 1 rings (SSSR count). The molecule has 1 aromatic rings. The Hall–Kier alpha value is -0.720. The first-order chi connectivity index (χ1) is 8.06. The zero-order chi connectivity index (χ0) is 12.8.